The third-order valence-corrected chi connectivity index (χ3v) is 4.65. The van der Waals surface area contributed by atoms with Gasteiger partial charge in [-0.1, -0.05) is 0 Å². The molecule has 0 unspecified atom stereocenters. The number of nitrogens with zero attached hydrogens (tertiary/aromatic N) is 5. The summed E-state index contributed by atoms with van der Waals surface area (Å²) in [5, 5.41) is 18.1. The maximum Gasteiger partial charge on any atom is 0.317 e. The number of piperidine rings is 1. The molecule has 0 saturated carbocycles. The van der Waals surface area contributed by atoms with Crippen molar-refractivity contribution in [2.75, 3.05) is 19.6 Å². The van der Waals surface area contributed by atoms with Crippen LogP contribution in [0.2, 0.25) is 0 Å². The number of hydrogen-bond donors (Lipinski definition) is 2. The van der Waals surface area contributed by atoms with Crippen molar-refractivity contribution in [3.63, 3.8) is 0 Å². The Bertz CT molecular complexity index is 678. The summed E-state index contributed by atoms with van der Waals surface area (Å²) in [5.74, 6) is 1.23. The Balaban J connectivity index is 1.44. The zero-order valence-electron chi connectivity index (χ0n) is 14.3. The quantitative estimate of drug-likeness (QED) is 0.810. The van der Waals surface area contributed by atoms with E-state index in [1.807, 2.05) is 29.6 Å². The molecule has 1 saturated heterocycles. The lowest BCUT2D eigenvalue weighted by molar-refractivity contribution is 0.177. The molecule has 2 aromatic rings. The molecule has 2 N–H and O–H groups in total. The zero-order chi connectivity index (χ0) is 16.9. The van der Waals surface area contributed by atoms with E-state index in [0.29, 0.717) is 13.1 Å². The molecule has 24 heavy (non-hydrogen) atoms. The van der Waals surface area contributed by atoms with Gasteiger partial charge in [0.1, 0.15) is 12.2 Å². The topological polar surface area (TPSA) is 91.7 Å². The second-order valence-electron chi connectivity index (χ2n) is 6.44. The van der Waals surface area contributed by atoms with Crippen LogP contribution in [0.4, 0.5) is 4.79 Å². The molecule has 1 aliphatic rings. The smallest absolute Gasteiger partial charge is 0.317 e. The van der Waals surface area contributed by atoms with Gasteiger partial charge in [0.25, 0.3) is 0 Å². The number of carbonyl (C=O) groups excluding carboxylic acids is 1. The number of rotatable bonds is 5. The summed E-state index contributed by atoms with van der Waals surface area (Å²) in [6.07, 6.45) is 7.45. The molecule has 1 fully saturated rings. The molecule has 2 amide bonds. The van der Waals surface area contributed by atoms with Crippen molar-refractivity contribution in [3.05, 3.63) is 29.6 Å². The highest BCUT2D eigenvalue weighted by atomic mass is 16.2. The minimum absolute atomic E-state index is 0.0192. The van der Waals surface area contributed by atoms with E-state index in [2.05, 4.69) is 25.7 Å². The molecule has 2 aromatic heterocycles. The number of hydrogen-bond acceptors (Lipinski definition) is 4. The minimum Gasteiger partial charge on any atom is -0.338 e. The number of aryl methyl sites for hydroxylation is 3. The van der Waals surface area contributed by atoms with Crippen LogP contribution in [0.25, 0.3) is 0 Å². The highest BCUT2D eigenvalue weighted by molar-refractivity contribution is 5.74. The van der Waals surface area contributed by atoms with Gasteiger partial charge in [0.05, 0.1) is 6.20 Å². The first-order valence-electron chi connectivity index (χ1n) is 8.50. The summed E-state index contributed by atoms with van der Waals surface area (Å²) in [5.41, 5.74) is 2.31. The third kappa shape index (κ3) is 3.74. The molecule has 130 valence electrons. The van der Waals surface area contributed by atoms with E-state index in [1.54, 1.807) is 6.33 Å². The Morgan fingerprint density at radius 1 is 1.50 bits per heavy atom. The van der Waals surface area contributed by atoms with Crippen molar-refractivity contribution < 1.29 is 4.79 Å². The van der Waals surface area contributed by atoms with E-state index < -0.39 is 0 Å². The average molecular weight is 331 g/mol. The van der Waals surface area contributed by atoms with Crippen LogP contribution < -0.4 is 5.32 Å². The van der Waals surface area contributed by atoms with Gasteiger partial charge in [0.15, 0.2) is 0 Å². The summed E-state index contributed by atoms with van der Waals surface area (Å²) >= 11 is 0. The van der Waals surface area contributed by atoms with E-state index in [9.17, 15) is 4.79 Å². The summed E-state index contributed by atoms with van der Waals surface area (Å²) < 4.78 is 1.94. The predicted octanol–water partition coefficient (Wildman–Crippen LogP) is 1.37. The third-order valence-electron chi connectivity index (χ3n) is 4.65. The largest absolute Gasteiger partial charge is 0.338 e. The molecule has 1 atom stereocenters. The van der Waals surface area contributed by atoms with Gasteiger partial charge in [-0.15, -0.1) is 10.2 Å². The fourth-order valence-electron chi connectivity index (χ4n) is 3.25. The SMILES string of the molecule is Cc1[nH]ncc1CCCNC(=O)N1CCC[C@H](c2nncn2C)C1. The number of amides is 2. The van der Waals surface area contributed by atoms with Crippen LogP contribution in [0.3, 0.4) is 0 Å². The lowest BCUT2D eigenvalue weighted by atomic mass is 9.97. The van der Waals surface area contributed by atoms with Gasteiger partial charge >= 0.3 is 6.03 Å². The molecule has 0 aromatic carbocycles. The molecule has 3 heterocycles. The second kappa shape index (κ2) is 7.46. The Labute approximate surface area is 141 Å². The van der Waals surface area contributed by atoms with Crippen molar-refractivity contribution in [1.29, 1.82) is 0 Å². The van der Waals surface area contributed by atoms with Gasteiger partial charge in [0.2, 0.25) is 0 Å². The molecule has 0 bridgehead atoms. The van der Waals surface area contributed by atoms with E-state index in [4.69, 9.17) is 0 Å². The Morgan fingerprint density at radius 2 is 2.38 bits per heavy atom. The molecule has 0 spiro atoms. The molecular formula is C16H25N7O. The van der Waals surface area contributed by atoms with Crippen LogP contribution in [0, 0.1) is 6.92 Å². The van der Waals surface area contributed by atoms with Crippen LogP contribution in [-0.2, 0) is 13.5 Å². The molecular weight excluding hydrogens is 306 g/mol. The highest BCUT2D eigenvalue weighted by Crippen LogP contribution is 2.24. The molecule has 8 heteroatoms. The standard InChI is InChI=1S/C16H25N7O/c1-12-13(9-18-20-12)5-3-7-17-16(24)23-8-4-6-14(10-23)15-21-19-11-22(15)2/h9,11,14H,3-8,10H2,1-2H3,(H,17,24)(H,18,20)/t14-/m0/s1. The first-order chi connectivity index (χ1) is 11.6. The fraction of sp³-hybridized carbons (Fsp3) is 0.625. The van der Waals surface area contributed by atoms with E-state index in [-0.39, 0.29) is 11.9 Å². The van der Waals surface area contributed by atoms with E-state index in [0.717, 1.165) is 43.7 Å². The number of urea groups is 1. The van der Waals surface area contributed by atoms with Gasteiger partial charge in [-0.05, 0) is 38.2 Å². The van der Waals surface area contributed by atoms with Gasteiger partial charge in [-0.25, -0.2) is 4.79 Å². The number of carbonyl (C=O) groups is 1. The van der Waals surface area contributed by atoms with Crippen LogP contribution in [0.1, 0.15) is 42.3 Å². The Hall–Kier alpha value is -2.38. The van der Waals surface area contributed by atoms with Gasteiger partial charge in [-0.2, -0.15) is 5.10 Å². The summed E-state index contributed by atoms with van der Waals surface area (Å²) in [7, 11) is 1.95. The van der Waals surface area contributed by atoms with E-state index in [1.165, 1.54) is 5.56 Å². The highest BCUT2D eigenvalue weighted by Gasteiger charge is 2.27. The molecule has 3 rings (SSSR count). The lowest BCUT2D eigenvalue weighted by Crippen LogP contribution is -2.45. The van der Waals surface area contributed by atoms with Crippen LogP contribution in [0.5, 0.6) is 0 Å². The van der Waals surface area contributed by atoms with Gasteiger partial charge in [0, 0.05) is 38.3 Å². The van der Waals surface area contributed by atoms with Crippen molar-refractivity contribution in [2.24, 2.45) is 7.05 Å². The maximum atomic E-state index is 12.4. The molecule has 0 radical (unpaired) electrons. The predicted molar refractivity (Wildman–Crippen MR) is 89.6 cm³/mol. The first-order valence-corrected chi connectivity index (χ1v) is 8.50. The van der Waals surface area contributed by atoms with Crippen LogP contribution in [0.15, 0.2) is 12.5 Å². The normalized spacial score (nSPS) is 17.9. The number of likely N-dealkylation sites (tertiary alicyclic amines) is 1. The number of aromatic nitrogens is 5. The van der Waals surface area contributed by atoms with Crippen molar-refractivity contribution in [3.8, 4) is 0 Å². The van der Waals surface area contributed by atoms with Crippen molar-refractivity contribution >= 4 is 6.03 Å². The van der Waals surface area contributed by atoms with Crippen molar-refractivity contribution in [1.82, 2.24) is 35.2 Å². The Morgan fingerprint density at radius 3 is 3.08 bits per heavy atom. The summed E-state index contributed by atoms with van der Waals surface area (Å²) in [6.45, 7) is 4.20. The fourth-order valence-corrected chi connectivity index (χ4v) is 3.25. The van der Waals surface area contributed by atoms with Gasteiger partial charge in [-0.3, -0.25) is 5.10 Å². The number of aromatic amines is 1. The maximum absolute atomic E-state index is 12.4. The summed E-state index contributed by atoms with van der Waals surface area (Å²) in [4.78, 5) is 14.3. The van der Waals surface area contributed by atoms with Crippen LogP contribution >= 0.6 is 0 Å². The lowest BCUT2D eigenvalue weighted by Gasteiger charge is -2.32. The Kier molecular flexibility index (Phi) is 5.12. The van der Waals surface area contributed by atoms with Crippen molar-refractivity contribution in [2.45, 2.75) is 38.5 Å². The zero-order valence-corrected chi connectivity index (χ0v) is 14.3. The number of H-pyrrole nitrogens is 1. The summed E-state index contributed by atoms with van der Waals surface area (Å²) in [6, 6.07) is 0.0192. The molecule has 1 aliphatic heterocycles. The van der Waals surface area contributed by atoms with Crippen LogP contribution in [-0.4, -0.2) is 55.5 Å². The number of nitrogens with one attached hydrogen (secondary N) is 2. The molecule has 0 aliphatic carbocycles. The average Bonchev–Trinajstić information content (AvgIpc) is 3.20. The molecule has 8 nitrogen and oxygen atoms in total. The van der Waals surface area contributed by atoms with Gasteiger partial charge < -0.3 is 14.8 Å². The van der Waals surface area contributed by atoms with E-state index >= 15 is 0 Å². The second-order valence-corrected chi connectivity index (χ2v) is 6.44. The minimum atomic E-state index is 0.0192. The monoisotopic (exact) mass is 331 g/mol. The first kappa shape index (κ1) is 16.5.